The molecule has 0 saturated heterocycles. The lowest BCUT2D eigenvalue weighted by Gasteiger charge is -2.04. The fourth-order valence-corrected chi connectivity index (χ4v) is 3.09. The molecule has 6 nitrogen and oxygen atoms in total. The Labute approximate surface area is 150 Å². The van der Waals surface area contributed by atoms with Gasteiger partial charge in [0.2, 0.25) is 5.91 Å². The molecule has 0 aliphatic rings. The van der Waals surface area contributed by atoms with Gasteiger partial charge in [0, 0.05) is 29.7 Å². The number of hydrogen-bond acceptors (Lipinski definition) is 5. The fraction of sp³-hybridized carbons (Fsp3) is 0.222. The van der Waals surface area contributed by atoms with Gasteiger partial charge in [-0.2, -0.15) is 5.10 Å². The predicted molar refractivity (Wildman–Crippen MR) is 97.6 cm³/mol. The second-order valence-electron chi connectivity index (χ2n) is 5.63. The van der Waals surface area contributed by atoms with E-state index in [9.17, 15) is 4.79 Å². The zero-order valence-electron chi connectivity index (χ0n) is 14.1. The van der Waals surface area contributed by atoms with Crippen LogP contribution in [0.4, 0.5) is 0 Å². The van der Waals surface area contributed by atoms with Gasteiger partial charge in [0.15, 0.2) is 5.16 Å². The maximum atomic E-state index is 12.0. The van der Waals surface area contributed by atoms with Gasteiger partial charge in [-0.05, 0) is 32.0 Å². The Kier molecular flexibility index (Phi) is 5.45. The van der Waals surface area contributed by atoms with Gasteiger partial charge in [-0.15, -0.1) is 0 Å². The van der Waals surface area contributed by atoms with E-state index in [0.29, 0.717) is 11.7 Å². The summed E-state index contributed by atoms with van der Waals surface area (Å²) in [4.78, 5) is 20.7. The average Bonchev–Trinajstić information content (AvgIpc) is 3.07. The Morgan fingerprint density at radius 2 is 1.88 bits per heavy atom. The number of hydrogen-bond donors (Lipinski definition) is 1. The molecule has 1 amide bonds. The normalized spacial score (nSPS) is 10.6. The first-order chi connectivity index (χ1) is 12.1. The number of para-hydroxylation sites is 1. The molecule has 3 rings (SSSR count). The number of carbonyl (C=O) groups is 1. The topological polar surface area (TPSA) is 72.7 Å². The van der Waals surface area contributed by atoms with Gasteiger partial charge < -0.3 is 5.32 Å². The van der Waals surface area contributed by atoms with Crippen molar-refractivity contribution in [2.24, 2.45) is 0 Å². The van der Waals surface area contributed by atoms with E-state index in [1.807, 2.05) is 56.4 Å². The second-order valence-corrected chi connectivity index (χ2v) is 6.57. The first-order valence-corrected chi connectivity index (χ1v) is 8.89. The zero-order chi connectivity index (χ0) is 17.6. The molecule has 128 valence electrons. The van der Waals surface area contributed by atoms with Crippen molar-refractivity contribution < 1.29 is 4.79 Å². The Morgan fingerprint density at radius 1 is 1.16 bits per heavy atom. The third kappa shape index (κ3) is 4.90. The quantitative estimate of drug-likeness (QED) is 0.545. The summed E-state index contributed by atoms with van der Waals surface area (Å²) in [7, 11) is 0. The predicted octanol–water partition coefficient (Wildman–Crippen LogP) is 2.69. The summed E-state index contributed by atoms with van der Waals surface area (Å²) in [6.45, 7) is 4.28. The van der Waals surface area contributed by atoms with E-state index in [1.165, 1.54) is 11.8 Å². The Hall–Kier alpha value is -2.67. The minimum absolute atomic E-state index is 0.0554. The molecule has 7 heteroatoms. The summed E-state index contributed by atoms with van der Waals surface area (Å²) in [6.07, 6.45) is 3.67. The van der Waals surface area contributed by atoms with Crippen molar-refractivity contribution in [2.75, 3.05) is 5.75 Å². The first-order valence-electron chi connectivity index (χ1n) is 7.91. The van der Waals surface area contributed by atoms with E-state index in [4.69, 9.17) is 0 Å². The molecule has 0 saturated carbocycles. The molecule has 25 heavy (non-hydrogen) atoms. The number of rotatable bonds is 6. The molecule has 0 fully saturated rings. The van der Waals surface area contributed by atoms with Gasteiger partial charge in [0.25, 0.3) is 0 Å². The second kappa shape index (κ2) is 7.94. The highest BCUT2D eigenvalue weighted by molar-refractivity contribution is 7.99. The lowest BCUT2D eigenvalue weighted by molar-refractivity contribution is -0.118. The molecule has 3 aromatic rings. The van der Waals surface area contributed by atoms with Crippen molar-refractivity contribution in [3.63, 3.8) is 0 Å². The molecule has 0 aliphatic heterocycles. The smallest absolute Gasteiger partial charge is 0.230 e. The molecular formula is C18H19N5OS. The maximum Gasteiger partial charge on any atom is 0.230 e. The first kappa shape index (κ1) is 17.2. The lowest BCUT2D eigenvalue weighted by atomic mass is 10.3. The van der Waals surface area contributed by atoms with E-state index in [0.717, 1.165) is 22.6 Å². The molecule has 0 radical (unpaired) electrons. The third-order valence-electron chi connectivity index (χ3n) is 3.44. The van der Waals surface area contributed by atoms with Crippen LogP contribution < -0.4 is 5.32 Å². The minimum atomic E-state index is -0.0554. The number of carbonyl (C=O) groups excluding carboxylic acids is 1. The Balaban J connectivity index is 1.50. The molecule has 0 bridgehead atoms. The van der Waals surface area contributed by atoms with Crippen LogP contribution in [0.3, 0.4) is 0 Å². The van der Waals surface area contributed by atoms with E-state index in [-0.39, 0.29) is 11.7 Å². The fourth-order valence-electron chi connectivity index (χ4n) is 2.31. The van der Waals surface area contributed by atoms with Crippen LogP contribution in [0.2, 0.25) is 0 Å². The third-order valence-corrected chi connectivity index (χ3v) is 4.29. The van der Waals surface area contributed by atoms with Crippen molar-refractivity contribution in [1.82, 2.24) is 25.1 Å². The van der Waals surface area contributed by atoms with Crippen LogP contribution >= 0.6 is 11.8 Å². The van der Waals surface area contributed by atoms with E-state index >= 15 is 0 Å². The highest BCUT2D eigenvalue weighted by atomic mass is 32.2. The lowest BCUT2D eigenvalue weighted by Crippen LogP contribution is -2.24. The van der Waals surface area contributed by atoms with Crippen LogP contribution in [0.15, 0.2) is 53.9 Å². The van der Waals surface area contributed by atoms with Gasteiger partial charge >= 0.3 is 0 Å². The van der Waals surface area contributed by atoms with Gasteiger partial charge in [-0.1, -0.05) is 30.0 Å². The highest BCUT2D eigenvalue weighted by Gasteiger charge is 2.07. The van der Waals surface area contributed by atoms with Crippen LogP contribution in [-0.2, 0) is 11.3 Å². The minimum Gasteiger partial charge on any atom is -0.351 e. The van der Waals surface area contributed by atoms with Crippen molar-refractivity contribution in [3.8, 4) is 5.69 Å². The van der Waals surface area contributed by atoms with Crippen molar-refractivity contribution >= 4 is 17.7 Å². The van der Waals surface area contributed by atoms with Crippen LogP contribution in [0, 0.1) is 13.8 Å². The number of nitrogens with zero attached hydrogens (tertiary/aromatic N) is 4. The van der Waals surface area contributed by atoms with E-state index < -0.39 is 0 Å². The molecule has 0 spiro atoms. The SMILES string of the molecule is Cc1cc(C)nc(SCC(=O)NCc2cnn(-c3ccccc3)c2)n1. The molecule has 0 unspecified atom stereocenters. The summed E-state index contributed by atoms with van der Waals surface area (Å²) in [6, 6.07) is 11.8. The van der Waals surface area contributed by atoms with E-state index in [1.54, 1.807) is 10.9 Å². The number of amides is 1. The van der Waals surface area contributed by atoms with Crippen molar-refractivity contribution in [2.45, 2.75) is 25.5 Å². The summed E-state index contributed by atoms with van der Waals surface area (Å²) < 4.78 is 1.79. The van der Waals surface area contributed by atoms with Gasteiger partial charge in [-0.25, -0.2) is 14.6 Å². The zero-order valence-corrected chi connectivity index (χ0v) is 15.0. The van der Waals surface area contributed by atoms with Crippen molar-refractivity contribution in [3.05, 3.63) is 65.7 Å². The molecule has 1 N–H and O–H groups in total. The summed E-state index contributed by atoms with van der Waals surface area (Å²) in [5.74, 6) is 0.232. The van der Waals surface area contributed by atoms with Crippen LogP contribution in [0.25, 0.3) is 5.69 Å². The summed E-state index contributed by atoms with van der Waals surface area (Å²) in [5.41, 5.74) is 3.75. The molecule has 0 aliphatic carbocycles. The molecular weight excluding hydrogens is 334 g/mol. The summed E-state index contributed by atoms with van der Waals surface area (Å²) in [5, 5.41) is 7.84. The maximum absolute atomic E-state index is 12.0. The average molecular weight is 353 g/mol. The molecule has 2 heterocycles. The number of aryl methyl sites for hydroxylation is 2. The Bertz CT molecular complexity index is 843. The monoisotopic (exact) mass is 353 g/mol. The van der Waals surface area contributed by atoms with Crippen LogP contribution in [-0.4, -0.2) is 31.4 Å². The largest absolute Gasteiger partial charge is 0.351 e. The van der Waals surface area contributed by atoms with Crippen LogP contribution in [0.1, 0.15) is 17.0 Å². The van der Waals surface area contributed by atoms with Crippen molar-refractivity contribution in [1.29, 1.82) is 0 Å². The molecule has 0 atom stereocenters. The van der Waals surface area contributed by atoms with E-state index in [2.05, 4.69) is 20.4 Å². The number of benzene rings is 1. The number of nitrogens with one attached hydrogen (secondary N) is 1. The molecule has 1 aromatic carbocycles. The van der Waals surface area contributed by atoms with Gasteiger partial charge in [0.1, 0.15) is 0 Å². The number of thioether (sulfide) groups is 1. The summed E-state index contributed by atoms with van der Waals surface area (Å²) >= 11 is 1.34. The van der Waals surface area contributed by atoms with Crippen LogP contribution in [0.5, 0.6) is 0 Å². The standard InChI is InChI=1S/C18H19N5OS/c1-13-8-14(2)22-18(21-13)25-12-17(24)19-9-15-10-20-23(11-15)16-6-4-3-5-7-16/h3-8,10-11H,9,12H2,1-2H3,(H,19,24). The van der Waals surface area contributed by atoms with Gasteiger partial charge in [-0.3, -0.25) is 4.79 Å². The highest BCUT2D eigenvalue weighted by Crippen LogP contribution is 2.13. The number of aromatic nitrogens is 4. The Morgan fingerprint density at radius 3 is 2.60 bits per heavy atom. The van der Waals surface area contributed by atoms with Gasteiger partial charge in [0.05, 0.1) is 17.6 Å². The molecule has 2 aromatic heterocycles.